The Morgan fingerprint density at radius 2 is 2.09 bits per heavy atom. The maximum Gasteiger partial charge on any atom is 0.236 e. The van der Waals surface area contributed by atoms with E-state index in [1.807, 2.05) is 49.4 Å². The standard InChI is InChI=1S/C18H21NO2S/c1-18(9-4-10-22-18)17(21)19-12-16(20)15-8-7-13-5-2-3-6-14(13)11-15/h2-3,5-8,11,16,20H,4,9-10,12H2,1H3,(H,19,21). The van der Waals surface area contributed by atoms with Gasteiger partial charge in [0.1, 0.15) is 0 Å². The van der Waals surface area contributed by atoms with Crippen LogP contribution < -0.4 is 5.32 Å². The summed E-state index contributed by atoms with van der Waals surface area (Å²) in [5.74, 6) is 1.08. The van der Waals surface area contributed by atoms with Gasteiger partial charge < -0.3 is 10.4 Å². The van der Waals surface area contributed by atoms with Crippen molar-refractivity contribution in [3.8, 4) is 0 Å². The minimum absolute atomic E-state index is 0.0369. The molecule has 1 aliphatic heterocycles. The molecule has 1 fully saturated rings. The van der Waals surface area contributed by atoms with Crippen molar-refractivity contribution in [2.45, 2.75) is 30.6 Å². The molecule has 3 rings (SSSR count). The zero-order valence-corrected chi connectivity index (χ0v) is 13.5. The molecule has 4 heteroatoms. The fourth-order valence-electron chi connectivity index (χ4n) is 2.87. The number of carbonyl (C=O) groups is 1. The summed E-state index contributed by atoms with van der Waals surface area (Å²) < 4.78 is -0.330. The normalized spacial score (nSPS) is 22.6. The summed E-state index contributed by atoms with van der Waals surface area (Å²) in [5, 5.41) is 15.5. The number of aliphatic hydroxyl groups is 1. The lowest BCUT2D eigenvalue weighted by molar-refractivity contribution is -0.123. The molecule has 22 heavy (non-hydrogen) atoms. The molecule has 1 saturated heterocycles. The molecular formula is C18H21NO2S. The van der Waals surface area contributed by atoms with Crippen molar-refractivity contribution in [3.05, 3.63) is 48.0 Å². The molecular weight excluding hydrogens is 294 g/mol. The second-order valence-corrected chi connectivity index (χ2v) is 7.61. The van der Waals surface area contributed by atoms with Crippen molar-refractivity contribution in [2.75, 3.05) is 12.3 Å². The predicted octanol–water partition coefficient (Wildman–Crippen LogP) is 3.28. The first-order chi connectivity index (χ1) is 10.6. The van der Waals surface area contributed by atoms with E-state index in [4.69, 9.17) is 0 Å². The fraction of sp³-hybridized carbons (Fsp3) is 0.389. The lowest BCUT2D eigenvalue weighted by Crippen LogP contribution is -2.42. The van der Waals surface area contributed by atoms with Crippen LogP contribution in [0.15, 0.2) is 42.5 Å². The molecule has 2 unspecified atom stereocenters. The van der Waals surface area contributed by atoms with Gasteiger partial charge in [0.05, 0.1) is 10.9 Å². The number of benzene rings is 2. The molecule has 2 atom stereocenters. The summed E-state index contributed by atoms with van der Waals surface area (Å²) >= 11 is 1.71. The average Bonchev–Trinajstić information content (AvgIpc) is 2.99. The van der Waals surface area contributed by atoms with Crippen molar-refractivity contribution < 1.29 is 9.90 Å². The largest absolute Gasteiger partial charge is 0.387 e. The molecule has 1 aliphatic rings. The summed E-state index contributed by atoms with van der Waals surface area (Å²) in [4.78, 5) is 12.3. The van der Waals surface area contributed by atoms with Crippen molar-refractivity contribution in [3.63, 3.8) is 0 Å². The van der Waals surface area contributed by atoms with Crippen LogP contribution in [0.3, 0.4) is 0 Å². The van der Waals surface area contributed by atoms with E-state index in [2.05, 4.69) is 5.32 Å². The van der Waals surface area contributed by atoms with E-state index in [-0.39, 0.29) is 17.2 Å². The Kier molecular flexibility index (Phi) is 4.41. The number of fused-ring (bicyclic) bond motifs is 1. The van der Waals surface area contributed by atoms with Gasteiger partial charge in [0.25, 0.3) is 0 Å². The second-order valence-electron chi connectivity index (χ2n) is 6.02. The molecule has 0 radical (unpaired) electrons. The molecule has 0 spiro atoms. The van der Waals surface area contributed by atoms with E-state index in [0.29, 0.717) is 0 Å². The van der Waals surface area contributed by atoms with E-state index in [1.54, 1.807) is 11.8 Å². The molecule has 3 nitrogen and oxygen atoms in total. The molecule has 2 aromatic rings. The van der Waals surface area contributed by atoms with E-state index in [1.165, 1.54) is 0 Å². The molecule has 0 bridgehead atoms. The first kappa shape index (κ1) is 15.4. The number of amides is 1. The lowest BCUT2D eigenvalue weighted by Gasteiger charge is -2.22. The van der Waals surface area contributed by atoms with Crippen LogP contribution >= 0.6 is 11.8 Å². The number of rotatable bonds is 4. The second kappa shape index (κ2) is 6.31. The van der Waals surface area contributed by atoms with Crippen molar-refractivity contribution in [2.24, 2.45) is 0 Å². The van der Waals surface area contributed by atoms with Crippen molar-refractivity contribution in [1.29, 1.82) is 0 Å². The fourth-order valence-corrected chi connectivity index (χ4v) is 4.10. The summed E-state index contributed by atoms with van der Waals surface area (Å²) in [5.41, 5.74) is 0.836. The summed E-state index contributed by atoms with van der Waals surface area (Å²) in [7, 11) is 0. The quantitative estimate of drug-likeness (QED) is 0.910. The van der Waals surface area contributed by atoms with Crippen LogP contribution in [0.25, 0.3) is 10.8 Å². The van der Waals surface area contributed by atoms with Gasteiger partial charge in [0.2, 0.25) is 5.91 Å². The Labute approximate surface area is 135 Å². The van der Waals surface area contributed by atoms with Crippen LogP contribution in [0.5, 0.6) is 0 Å². The van der Waals surface area contributed by atoms with E-state index in [9.17, 15) is 9.90 Å². The molecule has 0 aliphatic carbocycles. The molecule has 0 aromatic heterocycles. The van der Waals surface area contributed by atoms with Gasteiger partial charge in [0.15, 0.2) is 0 Å². The molecule has 0 saturated carbocycles. The van der Waals surface area contributed by atoms with E-state index in [0.717, 1.165) is 34.9 Å². The number of nitrogens with one attached hydrogen (secondary N) is 1. The molecule has 1 amide bonds. The van der Waals surface area contributed by atoms with Gasteiger partial charge in [-0.3, -0.25) is 4.79 Å². The van der Waals surface area contributed by atoms with Gasteiger partial charge >= 0.3 is 0 Å². The van der Waals surface area contributed by atoms with Gasteiger partial charge in [-0.25, -0.2) is 0 Å². The highest BCUT2D eigenvalue weighted by Gasteiger charge is 2.37. The number of carbonyl (C=O) groups excluding carboxylic acids is 1. The van der Waals surface area contributed by atoms with Crippen LogP contribution in [-0.2, 0) is 4.79 Å². The molecule has 2 aromatic carbocycles. The first-order valence-electron chi connectivity index (χ1n) is 7.67. The number of aliphatic hydroxyl groups excluding tert-OH is 1. The van der Waals surface area contributed by atoms with Gasteiger partial charge in [-0.15, -0.1) is 11.8 Å². The number of hydrogen-bond acceptors (Lipinski definition) is 3. The van der Waals surface area contributed by atoms with Crippen molar-refractivity contribution in [1.82, 2.24) is 5.32 Å². The summed E-state index contributed by atoms with van der Waals surface area (Å²) in [6, 6.07) is 14.0. The third kappa shape index (κ3) is 3.13. The Bertz CT molecular complexity index is 680. The highest BCUT2D eigenvalue weighted by molar-refractivity contribution is 8.01. The smallest absolute Gasteiger partial charge is 0.236 e. The third-order valence-corrected chi connectivity index (χ3v) is 5.83. The van der Waals surface area contributed by atoms with Crippen LogP contribution in [0.4, 0.5) is 0 Å². The highest BCUT2D eigenvalue weighted by Crippen LogP contribution is 2.37. The van der Waals surface area contributed by atoms with Crippen LogP contribution in [0.1, 0.15) is 31.4 Å². The van der Waals surface area contributed by atoms with Gasteiger partial charge in [-0.1, -0.05) is 36.4 Å². The maximum absolute atomic E-state index is 12.3. The minimum Gasteiger partial charge on any atom is -0.387 e. The number of hydrogen-bond donors (Lipinski definition) is 2. The zero-order valence-electron chi connectivity index (χ0n) is 12.7. The van der Waals surface area contributed by atoms with Crippen LogP contribution in [-0.4, -0.2) is 28.1 Å². The Balaban J connectivity index is 1.65. The van der Waals surface area contributed by atoms with Gasteiger partial charge in [-0.2, -0.15) is 0 Å². The minimum atomic E-state index is -0.677. The topological polar surface area (TPSA) is 49.3 Å². The Morgan fingerprint density at radius 1 is 1.32 bits per heavy atom. The van der Waals surface area contributed by atoms with E-state index >= 15 is 0 Å². The Hall–Kier alpha value is -1.52. The molecule has 1 heterocycles. The van der Waals surface area contributed by atoms with Crippen LogP contribution in [0, 0.1) is 0 Å². The summed E-state index contributed by atoms with van der Waals surface area (Å²) in [6.45, 7) is 2.25. The van der Waals surface area contributed by atoms with Crippen LogP contribution in [0.2, 0.25) is 0 Å². The van der Waals surface area contributed by atoms with Gasteiger partial charge in [0, 0.05) is 6.54 Å². The SMILES string of the molecule is CC1(C(=O)NCC(O)c2ccc3ccccc3c2)CCCS1. The first-order valence-corrected chi connectivity index (χ1v) is 8.66. The monoisotopic (exact) mass is 315 g/mol. The van der Waals surface area contributed by atoms with E-state index < -0.39 is 6.10 Å². The predicted molar refractivity (Wildman–Crippen MR) is 92.0 cm³/mol. The Morgan fingerprint density at radius 3 is 2.82 bits per heavy atom. The lowest BCUT2D eigenvalue weighted by atomic mass is 10.0. The van der Waals surface area contributed by atoms with Gasteiger partial charge in [-0.05, 0) is 47.9 Å². The highest BCUT2D eigenvalue weighted by atomic mass is 32.2. The zero-order chi connectivity index (χ0) is 15.6. The maximum atomic E-state index is 12.3. The molecule has 2 N–H and O–H groups in total. The summed E-state index contributed by atoms with van der Waals surface area (Å²) in [6.07, 6.45) is 1.32. The average molecular weight is 315 g/mol. The third-order valence-electron chi connectivity index (χ3n) is 4.31. The van der Waals surface area contributed by atoms with Crippen molar-refractivity contribution >= 4 is 28.4 Å². The molecule has 116 valence electrons. The number of thioether (sulfide) groups is 1.